The van der Waals surface area contributed by atoms with Gasteiger partial charge in [0.2, 0.25) is 5.95 Å². The van der Waals surface area contributed by atoms with E-state index in [0.29, 0.717) is 25.0 Å². The number of hydrogen-bond acceptors (Lipinski definition) is 9. The number of benzene rings is 2. The Morgan fingerprint density at radius 1 is 1.03 bits per heavy atom. The molecule has 2 aromatic heterocycles. The molecule has 4 heterocycles. The van der Waals surface area contributed by atoms with Crippen molar-refractivity contribution in [3.8, 4) is 5.75 Å². The van der Waals surface area contributed by atoms with E-state index in [1.807, 2.05) is 17.2 Å². The summed E-state index contributed by atoms with van der Waals surface area (Å²) in [7, 11) is 0. The number of fused-ring (bicyclic) bond motifs is 1. The largest absolute Gasteiger partial charge is 0.489 e. The summed E-state index contributed by atoms with van der Waals surface area (Å²) in [5.41, 5.74) is 4.35. The van der Waals surface area contributed by atoms with Crippen LogP contribution in [0.3, 0.4) is 0 Å². The lowest BCUT2D eigenvalue weighted by atomic mass is 10.0. The van der Waals surface area contributed by atoms with Gasteiger partial charge in [0.1, 0.15) is 11.9 Å². The first-order valence-electron chi connectivity index (χ1n) is 13.9. The van der Waals surface area contributed by atoms with Crippen molar-refractivity contribution in [2.24, 2.45) is 0 Å². The zero-order valence-electron chi connectivity index (χ0n) is 21.8. The molecule has 2 aromatic carbocycles. The Labute approximate surface area is 232 Å². The Kier molecular flexibility index (Phi) is 6.82. The van der Waals surface area contributed by atoms with Gasteiger partial charge >= 0.3 is 0 Å². The monoisotopic (exact) mass is 543 g/mol. The Bertz CT molecular complexity index is 1440. The van der Waals surface area contributed by atoms with Crippen LogP contribution >= 0.6 is 11.3 Å². The van der Waals surface area contributed by atoms with Crippen LogP contribution in [0.1, 0.15) is 48.8 Å². The number of likely N-dealkylation sites (tertiary alicyclic amines) is 1. The smallest absolute Gasteiger partial charge is 0.229 e. The average molecular weight is 544 g/mol. The summed E-state index contributed by atoms with van der Waals surface area (Å²) < 4.78 is 7.47. The van der Waals surface area contributed by atoms with Crippen LogP contribution in [0.4, 0.5) is 17.5 Å². The third-order valence-electron chi connectivity index (χ3n) is 7.77. The average Bonchev–Trinajstić information content (AvgIpc) is 3.29. The number of aromatic nitrogens is 2. The number of nitrogens with one attached hydrogen (secondary N) is 1. The molecule has 1 aliphatic carbocycles. The normalized spacial score (nSPS) is 21.6. The Hall–Kier alpha value is -3.24. The highest BCUT2D eigenvalue weighted by atomic mass is 32.1. The molecule has 1 saturated carbocycles. The van der Waals surface area contributed by atoms with Crippen LogP contribution in [0.15, 0.2) is 60.0 Å². The zero-order valence-corrected chi connectivity index (χ0v) is 22.6. The van der Waals surface area contributed by atoms with Gasteiger partial charge in [0.05, 0.1) is 29.5 Å². The highest BCUT2D eigenvalue weighted by molar-refractivity contribution is 7.17. The van der Waals surface area contributed by atoms with Crippen LogP contribution in [0, 0.1) is 0 Å². The van der Waals surface area contributed by atoms with Gasteiger partial charge in [-0.3, -0.25) is 9.74 Å². The number of anilines is 3. The maximum Gasteiger partial charge on any atom is 0.229 e. The summed E-state index contributed by atoms with van der Waals surface area (Å²) in [6.45, 7) is 3.34. The number of thiophene rings is 1. The Morgan fingerprint density at radius 3 is 2.77 bits per heavy atom. The molecule has 2 aliphatic heterocycles. The van der Waals surface area contributed by atoms with Crippen LogP contribution in [-0.2, 0) is 4.84 Å². The lowest BCUT2D eigenvalue weighted by molar-refractivity contribution is 0.157. The minimum atomic E-state index is 0.106. The maximum absolute atomic E-state index is 9.28. The SMILES string of the molecule is OCCN1CC[C@@H](Oc2cc(Nc3nc(N4OCC[C@H]4c4ccccc4)c4sccc4n3)cc(C3CC3)c2)C1. The van der Waals surface area contributed by atoms with Gasteiger partial charge in [-0.15, -0.1) is 11.3 Å². The van der Waals surface area contributed by atoms with Gasteiger partial charge in [-0.05, 0) is 59.9 Å². The predicted octanol–water partition coefficient (Wildman–Crippen LogP) is 5.64. The van der Waals surface area contributed by atoms with Crippen LogP contribution in [0.25, 0.3) is 10.2 Å². The molecule has 202 valence electrons. The van der Waals surface area contributed by atoms with Gasteiger partial charge in [-0.1, -0.05) is 30.3 Å². The summed E-state index contributed by atoms with van der Waals surface area (Å²) in [5, 5.41) is 16.8. The molecule has 7 rings (SSSR count). The minimum Gasteiger partial charge on any atom is -0.489 e. The van der Waals surface area contributed by atoms with Gasteiger partial charge < -0.3 is 15.2 Å². The van der Waals surface area contributed by atoms with Gasteiger partial charge in [0, 0.05) is 37.8 Å². The molecule has 8 nitrogen and oxygen atoms in total. The van der Waals surface area contributed by atoms with E-state index in [-0.39, 0.29) is 18.8 Å². The van der Waals surface area contributed by atoms with Crippen LogP contribution in [0.5, 0.6) is 5.75 Å². The molecular weight excluding hydrogens is 510 g/mol. The summed E-state index contributed by atoms with van der Waals surface area (Å²) in [4.78, 5) is 18.2. The number of hydrogen-bond donors (Lipinski definition) is 2. The lowest BCUT2D eigenvalue weighted by Gasteiger charge is -2.24. The van der Waals surface area contributed by atoms with Crippen molar-refractivity contribution >= 4 is 39.0 Å². The fourth-order valence-corrected chi connectivity index (χ4v) is 6.49. The van der Waals surface area contributed by atoms with E-state index < -0.39 is 0 Å². The number of β-amino-alcohol motifs (C(OH)–C–C–N with tert-alkyl or cyclic N) is 1. The number of aliphatic hydroxyl groups excluding tert-OH is 1. The van der Waals surface area contributed by atoms with Crippen molar-refractivity contribution in [1.29, 1.82) is 0 Å². The van der Waals surface area contributed by atoms with Crippen LogP contribution in [-0.4, -0.2) is 58.9 Å². The molecule has 39 heavy (non-hydrogen) atoms. The maximum atomic E-state index is 9.28. The van der Waals surface area contributed by atoms with Crippen molar-refractivity contribution in [2.75, 3.05) is 43.2 Å². The fourth-order valence-electron chi connectivity index (χ4n) is 5.68. The number of nitrogens with zero attached hydrogens (tertiary/aromatic N) is 4. The molecule has 0 radical (unpaired) electrons. The second-order valence-corrected chi connectivity index (χ2v) is 11.5. The quantitative estimate of drug-likeness (QED) is 0.281. The Balaban J connectivity index is 1.18. The minimum absolute atomic E-state index is 0.106. The zero-order chi connectivity index (χ0) is 26.2. The van der Waals surface area contributed by atoms with Crippen molar-refractivity contribution in [1.82, 2.24) is 14.9 Å². The van der Waals surface area contributed by atoms with Gasteiger partial charge in [-0.25, -0.2) is 10.0 Å². The molecule has 9 heteroatoms. The molecule has 0 unspecified atom stereocenters. The van der Waals surface area contributed by atoms with E-state index in [2.05, 4.69) is 58.1 Å². The first kappa shape index (κ1) is 24.8. The van der Waals surface area contributed by atoms with Crippen molar-refractivity contribution < 1.29 is 14.7 Å². The molecule has 4 aromatic rings. The summed E-state index contributed by atoms with van der Waals surface area (Å²) in [6.07, 6.45) is 4.43. The second kappa shape index (κ2) is 10.7. The first-order chi connectivity index (χ1) is 19.2. The second-order valence-electron chi connectivity index (χ2n) is 10.6. The number of ether oxygens (including phenoxy) is 1. The standard InChI is InChI=1S/C30H33N5O3S/c36-13-12-34-11-8-24(19-34)38-25-17-22(20-6-7-20)16-23(18-25)31-30-32-26-10-15-39-28(26)29(33-30)35-27(9-14-37-35)21-4-2-1-3-5-21/h1-5,10,15-18,20,24,27,36H,6-9,11-14,19H2,(H,31,32,33)/t24-,27+/m1/s1. The highest BCUT2D eigenvalue weighted by Gasteiger charge is 2.31. The van der Waals surface area contributed by atoms with E-state index in [1.165, 1.54) is 24.0 Å². The number of hydroxylamine groups is 1. The van der Waals surface area contributed by atoms with E-state index in [9.17, 15) is 5.11 Å². The molecule has 0 bridgehead atoms. The molecule has 2 saturated heterocycles. The van der Waals surface area contributed by atoms with Gasteiger partial charge in [0.25, 0.3) is 0 Å². The van der Waals surface area contributed by atoms with E-state index >= 15 is 0 Å². The van der Waals surface area contributed by atoms with E-state index in [4.69, 9.17) is 19.5 Å². The van der Waals surface area contributed by atoms with Crippen LogP contribution < -0.4 is 15.1 Å². The number of rotatable bonds is 9. The fraction of sp³-hybridized carbons (Fsp3) is 0.400. The van der Waals surface area contributed by atoms with Crippen molar-refractivity contribution in [3.05, 3.63) is 71.1 Å². The molecule has 2 N–H and O–H groups in total. The Morgan fingerprint density at radius 2 is 1.92 bits per heavy atom. The lowest BCUT2D eigenvalue weighted by Crippen LogP contribution is -2.27. The topological polar surface area (TPSA) is 83.0 Å². The first-order valence-corrected chi connectivity index (χ1v) is 14.8. The van der Waals surface area contributed by atoms with Crippen LogP contribution in [0.2, 0.25) is 0 Å². The molecule has 3 aliphatic rings. The van der Waals surface area contributed by atoms with Gasteiger partial charge in [-0.2, -0.15) is 4.98 Å². The summed E-state index contributed by atoms with van der Waals surface area (Å²) in [5.74, 6) is 2.81. The van der Waals surface area contributed by atoms with E-state index in [1.54, 1.807) is 11.3 Å². The molecular formula is C30H33N5O3S. The van der Waals surface area contributed by atoms with Crippen molar-refractivity contribution in [2.45, 2.75) is 43.7 Å². The predicted molar refractivity (Wildman–Crippen MR) is 154 cm³/mol. The highest BCUT2D eigenvalue weighted by Crippen LogP contribution is 2.43. The molecule has 0 amide bonds. The molecule has 0 spiro atoms. The molecule has 2 atom stereocenters. The summed E-state index contributed by atoms with van der Waals surface area (Å²) in [6, 6.07) is 19.1. The van der Waals surface area contributed by atoms with Gasteiger partial charge in [0.15, 0.2) is 5.82 Å². The van der Waals surface area contributed by atoms with E-state index in [0.717, 1.165) is 53.4 Å². The third-order valence-corrected chi connectivity index (χ3v) is 8.66. The van der Waals surface area contributed by atoms with Crippen molar-refractivity contribution in [3.63, 3.8) is 0 Å². The number of aliphatic hydroxyl groups is 1. The summed E-state index contributed by atoms with van der Waals surface area (Å²) >= 11 is 1.64. The molecule has 3 fully saturated rings. The third kappa shape index (κ3) is 5.32.